The molecule has 0 bridgehead atoms. The summed E-state index contributed by atoms with van der Waals surface area (Å²) in [5, 5.41) is 9.70. The summed E-state index contributed by atoms with van der Waals surface area (Å²) in [5.41, 5.74) is 5.44. The second-order valence-electron chi connectivity index (χ2n) is 3.60. The summed E-state index contributed by atoms with van der Waals surface area (Å²) in [4.78, 5) is 22.2. The Morgan fingerprint density at radius 1 is 1.11 bits per heavy atom. The third kappa shape index (κ3) is 5.04. The van der Waals surface area contributed by atoms with Gasteiger partial charge in [0.05, 0.1) is 18.0 Å². The molecule has 1 aromatic carbocycles. The topological polar surface area (TPSA) is 144 Å². The van der Waals surface area contributed by atoms with Crippen molar-refractivity contribution in [2.45, 2.75) is 4.90 Å². The number of hydrogen-bond donors (Lipinski definition) is 4. The summed E-state index contributed by atoms with van der Waals surface area (Å²) < 4.78 is 22.0. The van der Waals surface area contributed by atoms with Crippen LogP contribution in [0.5, 0.6) is 0 Å². The minimum absolute atomic E-state index is 0.0538. The number of hydrogen-bond acceptors (Lipinski definition) is 5. The maximum atomic E-state index is 11.4. The number of nitrogens with two attached hydrogens (primary N) is 2. The van der Waals surface area contributed by atoms with Crippen LogP contribution in [-0.2, 0) is 19.6 Å². The lowest BCUT2D eigenvalue weighted by Gasteiger charge is -2.06. The molecule has 0 radical (unpaired) electrons. The maximum Gasteiger partial charge on any atom is 0.243 e. The molecular weight excluding hydrogens is 272 g/mol. The molecule has 1 rings (SSSR count). The van der Waals surface area contributed by atoms with E-state index in [1.807, 2.05) is 0 Å². The molecule has 0 atom stereocenters. The fourth-order valence-electron chi connectivity index (χ4n) is 1.18. The third-order valence-corrected chi connectivity index (χ3v) is 3.03. The van der Waals surface area contributed by atoms with Gasteiger partial charge in [-0.25, -0.2) is 13.6 Å². The molecule has 2 amide bonds. The predicted molar refractivity (Wildman–Crippen MR) is 68.5 cm³/mol. The van der Waals surface area contributed by atoms with E-state index in [4.69, 9.17) is 10.9 Å². The molecule has 104 valence electrons. The van der Waals surface area contributed by atoms with Crippen LogP contribution in [0.25, 0.3) is 0 Å². The van der Waals surface area contributed by atoms with Crippen molar-refractivity contribution in [3.05, 3.63) is 24.3 Å². The van der Waals surface area contributed by atoms with Gasteiger partial charge in [-0.15, -0.1) is 0 Å². The summed E-state index contributed by atoms with van der Waals surface area (Å²) in [5.74, 6) is -0.898. The smallest absolute Gasteiger partial charge is 0.243 e. The number of rotatable bonds is 5. The van der Waals surface area contributed by atoms with E-state index in [-0.39, 0.29) is 18.0 Å². The number of sulfonamides is 1. The van der Waals surface area contributed by atoms with Gasteiger partial charge in [0, 0.05) is 5.69 Å². The van der Waals surface area contributed by atoms with Crippen molar-refractivity contribution < 1.29 is 18.0 Å². The van der Waals surface area contributed by atoms with E-state index in [2.05, 4.69) is 10.6 Å². The number of carbonyl (C=O) groups is 2. The first kappa shape index (κ1) is 15.1. The summed E-state index contributed by atoms with van der Waals surface area (Å²) in [6.07, 6.45) is 0. The zero-order valence-corrected chi connectivity index (χ0v) is 10.7. The number of amides is 2. The molecule has 0 aliphatic heterocycles. The number of nitrogens with one attached hydrogen (secondary N) is 2. The minimum Gasteiger partial charge on any atom is -0.346 e. The molecule has 0 saturated carbocycles. The van der Waals surface area contributed by atoms with Gasteiger partial charge >= 0.3 is 0 Å². The van der Waals surface area contributed by atoms with Crippen molar-refractivity contribution >= 4 is 27.5 Å². The minimum atomic E-state index is -3.76. The number of primary sulfonamides is 1. The Morgan fingerprint density at radius 2 is 1.68 bits per heavy atom. The molecule has 0 unspecified atom stereocenters. The number of anilines is 1. The van der Waals surface area contributed by atoms with Crippen LogP contribution in [0.15, 0.2) is 29.2 Å². The van der Waals surface area contributed by atoms with Gasteiger partial charge in [0.2, 0.25) is 21.8 Å². The lowest BCUT2D eigenvalue weighted by molar-refractivity contribution is -0.123. The summed E-state index contributed by atoms with van der Waals surface area (Å²) in [7, 11) is -3.76. The first-order valence-electron chi connectivity index (χ1n) is 5.22. The lowest BCUT2D eigenvalue weighted by atomic mass is 10.3. The Kier molecular flexibility index (Phi) is 4.98. The molecule has 0 spiro atoms. The Balaban J connectivity index is 2.59. The van der Waals surface area contributed by atoms with Gasteiger partial charge < -0.3 is 16.4 Å². The molecule has 6 N–H and O–H groups in total. The molecule has 0 saturated heterocycles. The van der Waals surface area contributed by atoms with Crippen LogP contribution in [0, 0.1) is 0 Å². The molecule has 0 aromatic heterocycles. The van der Waals surface area contributed by atoms with E-state index in [0.29, 0.717) is 5.69 Å². The second-order valence-corrected chi connectivity index (χ2v) is 5.16. The average Bonchev–Trinajstić information content (AvgIpc) is 2.35. The van der Waals surface area contributed by atoms with Gasteiger partial charge in [-0.2, -0.15) is 0 Å². The Morgan fingerprint density at radius 3 is 2.16 bits per heavy atom. The van der Waals surface area contributed by atoms with Crippen molar-refractivity contribution in [3.8, 4) is 0 Å². The van der Waals surface area contributed by atoms with Crippen LogP contribution in [0.4, 0.5) is 5.69 Å². The van der Waals surface area contributed by atoms with Crippen LogP contribution in [0.1, 0.15) is 0 Å². The normalized spacial score (nSPS) is 10.8. The van der Waals surface area contributed by atoms with Crippen molar-refractivity contribution in [2.24, 2.45) is 10.9 Å². The molecule has 0 aliphatic rings. The summed E-state index contributed by atoms with van der Waals surface area (Å²) in [6.45, 7) is -0.413. The van der Waals surface area contributed by atoms with E-state index in [1.165, 1.54) is 24.3 Å². The molecule has 0 aliphatic carbocycles. The summed E-state index contributed by atoms with van der Waals surface area (Å²) >= 11 is 0. The zero-order chi connectivity index (χ0) is 14.5. The highest BCUT2D eigenvalue weighted by atomic mass is 32.2. The fourth-order valence-corrected chi connectivity index (χ4v) is 1.70. The van der Waals surface area contributed by atoms with Crippen LogP contribution < -0.4 is 21.5 Å². The third-order valence-electron chi connectivity index (χ3n) is 2.10. The monoisotopic (exact) mass is 286 g/mol. The van der Waals surface area contributed by atoms with E-state index in [9.17, 15) is 18.0 Å². The highest BCUT2D eigenvalue weighted by Gasteiger charge is 2.08. The molecule has 1 aromatic rings. The molecule has 9 heteroatoms. The zero-order valence-electron chi connectivity index (χ0n) is 9.92. The highest BCUT2D eigenvalue weighted by Crippen LogP contribution is 2.12. The predicted octanol–water partition coefficient (Wildman–Crippen LogP) is -1.65. The van der Waals surface area contributed by atoms with E-state index < -0.39 is 21.8 Å². The van der Waals surface area contributed by atoms with Crippen LogP contribution in [0.2, 0.25) is 0 Å². The first-order chi connectivity index (χ1) is 8.82. The van der Waals surface area contributed by atoms with Crippen molar-refractivity contribution in [1.29, 1.82) is 0 Å². The van der Waals surface area contributed by atoms with Gasteiger partial charge in [0.25, 0.3) is 0 Å². The van der Waals surface area contributed by atoms with Gasteiger partial charge in [0.15, 0.2) is 0 Å². The molecule has 19 heavy (non-hydrogen) atoms. The van der Waals surface area contributed by atoms with Gasteiger partial charge in [-0.05, 0) is 24.3 Å². The van der Waals surface area contributed by atoms with Crippen molar-refractivity contribution in [3.63, 3.8) is 0 Å². The van der Waals surface area contributed by atoms with E-state index >= 15 is 0 Å². The van der Waals surface area contributed by atoms with Crippen LogP contribution >= 0.6 is 0 Å². The van der Waals surface area contributed by atoms with Gasteiger partial charge in [0.1, 0.15) is 0 Å². The average molecular weight is 286 g/mol. The van der Waals surface area contributed by atoms with E-state index in [0.717, 1.165) is 0 Å². The Hall–Kier alpha value is -1.97. The Bertz CT molecular complexity index is 568. The van der Waals surface area contributed by atoms with E-state index in [1.54, 1.807) is 0 Å². The molecule has 0 fully saturated rings. The van der Waals surface area contributed by atoms with Crippen molar-refractivity contribution in [1.82, 2.24) is 5.32 Å². The largest absolute Gasteiger partial charge is 0.346 e. The van der Waals surface area contributed by atoms with Crippen molar-refractivity contribution in [2.75, 3.05) is 18.4 Å². The lowest BCUT2D eigenvalue weighted by Crippen LogP contribution is -2.36. The quantitative estimate of drug-likeness (QED) is 0.512. The SMILES string of the molecule is NCC(=O)NCC(=O)Nc1ccc(S(N)(=O)=O)cc1. The standard InChI is InChI=1S/C10H14N4O4S/c11-5-9(15)13-6-10(16)14-7-1-3-8(4-2-7)19(12,17)18/h1-4H,5-6,11H2,(H,13,15)(H,14,16)(H2,12,17,18). The second kappa shape index (κ2) is 6.27. The van der Waals surface area contributed by atoms with Gasteiger partial charge in [-0.1, -0.05) is 0 Å². The van der Waals surface area contributed by atoms with Gasteiger partial charge in [-0.3, -0.25) is 9.59 Å². The number of benzene rings is 1. The summed E-state index contributed by atoms with van der Waals surface area (Å²) in [6, 6.07) is 5.32. The van der Waals surface area contributed by atoms with Crippen LogP contribution in [-0.4, -0.2) is 33.3 Å². The number of carbonyl (C=O) groups excluding carboxylic acids is 2. The highest BCUT2D eigenvalue weighted by molar-refractivity contribution is 7.89. The molecule has 0 heterocycles. The Labute approximate surface area is 110 Å². The fraction of sp³-hybridized carbons (Fsp3) is 0.200. The molecular formula is C10H14N4O4S. The first-order valence-corrected chi connectivity index (χ1v) is 6.77. The maximum absolute atomic E-state index is 11.4. The molecule has 8 nitrogen and oxygen atoms in total. The van der Waals surface area contributed by atoms with Crippen LogP contribution in [0.3, 0.4) is 0 Å².